The smallest absolute Gasteiger partial charge is 0.406 e. The van der Waals surface area contributed by atoms with Gasteiger partial charge in [-0.05, 0) is 37.0 Å². The molecule has 0 amide bonds. The van der Waals surface area contributed by atoms with Gasteiger partial charge < -0.3 is 21.1 Å². The summed E-state index contributed by atoms with van der Waals surface area (Å²) in [6.07, 6.45) is -1.38. The van der Waals surface area contributed by atoms with Gasteiger partial charge in [-0.25, -0.2) is 4.99 Å². The lowest BCUT2D eigenvalue weighted by Gasteiger charge is -2.27. The van der Waals surface area contributed by atoms with E-state index in [1.807, 2.05) is 4.90 Å². The number of ether oxygens (including phenoxy) is 1. The first-order valence-electron chi connectivity index (χ1n) is 7.57. The molecule has 1 aliphatic rings. The van der Waals surface area contributed by atoms with Crippen LogP contribution >= 0.6 is 0 Å². The van der Waals surface area contributed by atoms with Crippen molar-refractivity contribution in [1.29, 1.82) is 0 Å². The first-order chi connectivity index (χ1) is 11.3. The minimum Gasteiger partial charge on any atom is -0.406 e. The van der Waals surface area contributed by atoms with E-state index in [0.717, 1.165) is 25.9 Å². The monoisotopic (exact) mass is 343 g/mol. The van der Waals surface area contributed by atoms with Crippen LogP contribution in [0.25, 0.3) is 0 Å². The Hall–Kier alpha value is -2.45. The van der Waals surface area contributed by atoms with Gasteiger partial charge in [0, 0.05) is 13.1 Å². The number of halogens is 3. The highest BCUT2D eigenvalue weighted by atomic mass is 19.4. The van der Waals surface area contributed by atoms with E-state index in [0.29, 0.717) is 11.5 Å². The summed E-state index contributed by atoms with van der Waals surface area (Å²) >= 11 is 0. The molecule has 132 valence electrons. The molecule has 0 saturated carbocycles. The molecule has 0 atom stereocenters. The summed E-state index contributed by atoms with van der Waals surface area (Å²) in [7, 11) is 0. The maximum atomic E-state index is 12.1. The molecule has 2 rings (SSSR count). The standard InChI is InChI=1S/C15H20F3N5O/c16-15(17,18)24-12-6-4-11(5-7-12)10-21-13(19)22-14(20)23-8-2-1-3-9-23/h4-7H,1-3,8-10H2,(H4,19,20,21,22). The van der Waals surface area contributed by atoms with Crippen LogP contribution in [0.15, 0.2) is 34.3 Å². The summed E-state index contributed by atoms with van der Waals surface area (Å²) in [5, 5.41) is 0. The number of benzene rings is 1. The number of alkyl halides is 3. The average Bonchev–Trinajstić information content (AvgIpc) is 2.53. The topological polar surface area (TPSA) is 89.2 Å². The maximum Gasteiger partial charge on any atom is 0.573 e. The highest BCUT2D eigenvalue weighted by Gasteiger charge is 2.30. The molecule has 24 heavy (non-hydrogen) atoms. The first kappa shape index (κ1) is 17.9. The van der Waals surface area contributed by atoms with Gasteiger partial charge in [0.2, 0.25) is 5.96 Å². The molecule has 1 aromatic carbocycles. The Kier molecular flexibility index (Phi) is 5.88. The van der Waals surface area contributed by atoms with Crippen molar-refractivity contribution in [2.24, 2.45) is 21.5 Å². The molecule has 0 aromatic heterocycles. The van der Waals surface area contributed by atoms with E-state index in [1.54, 1.807) is 0 Å². The van der Waals surface area contributed by atoms with Crippen LogP contribution in [-0.2, 0) is 6.54 Å². The molecule has 0 spiro atoms. The number of aliphatic imine (C=N–C) groups is 2. The molecule has 1 fully saturated rings. The molecule has 6 nitrogen and oxygen atoms in total. The lowest BCUT2D eigenvalue weighted by Crippen LogP contribution is -2.41. The predicted octanol–water partition coefficient (Wildman–Crippen LogP) is 2.20. The summed E-state index contributed by atoms with van der Waals surface area (Å²) in [6, 6.07) is 5.41. The molecular weight excluding hydrogens is 323 g/mol. The first-order valence-corrected chi connectivity index (χ1v) is 7.57. The highest BCUT2D eigenvalue weighted by Crippen LogP contribution is 2.22. The van der Waals surface area contributed by atoms with Crippen LogP contribution in [0, 0.1) is 0 Å². The van der Waals surface area contributed by atoms with E-state index in [2.05, 4.69) is 14.7 Å². The molecule has 0 aliphatic carbocycles. The zero-order valence-electron chi connectivity index (χ0n) is 13.1. The number of nitrogens with zero attached hydrogens (tertiary/aromatic N) is 3. The summed E-state index contributed by atoms with van der Waals surface area (Å²) in [5.74, 6) is 0.0918. The zero-order valence-corrected chi connectivity index (χ0v) is 13.1. The Bertz CT molecular complexity index is 592. The van der Waals surface area contributed by atoms with Gasteiger partial charge in [0.15, 0.2) is 5.96 Å². The molecule has 0 bridgehead atoms. The van der Waals surface area contributed by atoms with Gasteiger partial charge in [0.25, 0.3) is 0 Å². The quantitative estimate of drug-likeness (QED) is 0.650. The van der Waals surface area contributed by atoms with Gasteiger partial charge in [-0.2, -0.15) is 4.99 Å². The van der Waals surface area contributed by atoms with E-state index in [1.165, 1.54) is 30.7 Å². The third kappa shape index (κ3) is 5.98. The van der Waals surface area contributed by atoms with Crippen LogP contribution in [0.4, 0.5) is 13.2 Å². The van der Waals surface area contributed by atoms with Crippen molar-refractivity contribution in [3.05, 3.63) is 29.8 Å². The van der Waals surface area contributed by atoms with Crippen LogP contribution in [0.2, 0.25) is 0 Å². The van der Waals surface area contributed by atoms with Crippen molar-refractivity contribution in [2.45, 2.75) is 32.2 Å². The third-order valence-corrected chi connectivity index (χ3v) is 3.49. The summed E-state index contributed by atoms with van der Waals surface area (Å²) < 4.78 is 40.0. The Morgan fingerprint density at radius 3 is 2.29 bits per heavy atom. The molecular formula is C15H20F3N5O. The second kappa shape index (κ2) is 7.89. The zero-order chi connectivity index (χ0) is 17.6. The number of likely N-dealkylation sites (tertiary alicyclic amines) is 1. The minimum absolute atomic E-state index is 0.0358. The van der Waals surface area contributed by atoms with Crippen LogP contribution in [0.5, 0.6) is 5.75 Å². The van der Waals surface area contributed by atoms with Crippen molar-refractivity contribution < 1.29 is 17.9 Å². The molecule has 4 N–H and O–H groups in total. The van der Waals surface area contributed by atoms with Crippen molar-refractivity contribution in [1.82, 2.24) is 4.90 Å². The second-order valence-electron chi connectivity index (χ2n) is 5.38. The summed E-state index contributed by atoms with van der Waals surface area (Å²) in [5.41, 5.74) is 12.3. The van der Waals surface area contributed by atoms with Gasteiger partial charge in [-0.1, -0.05) is 12.1 Å². The lowest BCUT2D eigenvalue weighted by atomic mass is 10.1. The fourth-order valence-electron chi connectivity index (χ4n) is 2.32. The Labute approximate surface area is 138 Å². The van der Waals surface area contributed by atoms with Gasteiger partial charge in [-0.3, -0.25) is 0 Å². The molecule has 1 saturated heterocycles. The summed E-state index contributed by atoms with van der Waals surface area (Å²) in [6.45, 7) is 1.89. The Morgan fingerprint density at radius 2 is 1.71 bits per heavy atom. The van der Waals surface area contributed by atoms with E-state index in [4.69, 9.17) is 11.5 Å². The third-order valence-electron chi connectivity index (χ3n) is 3.49. The lowest BCUT2D eigenvalue weighted by molar-refractivity contribution is -0.274. The average molecular weight is 343 g/mol. The molecule has 9 heteroatoms. The van der Waals surface area contributed by atoms with Crippen LogP contribution in [-0.4, -0.2) is 36.3 Å². The predicted molar refractivity (Wildman–Crippen MR) is 85.5 cm³/mol. The number of nitrogens with two attached hydrogens (primary N) is 2. The Balaban J connectivity index is 1.91. The van der Waals surface area contributed by atoms with Crippen molar-refractivity contribution in [3.8, 4) is 5.75 Å². The van der Waals surface area contributed by atoms with Gasteiger partial charge in [0.05, 0.1) is 6.54 Å². The molecule has 1 aromatic rings. The SMILES string of the molecule is NC(=NCc1ccc(OC(F)(F)F)cc1)/N=C(\N)N1CCCCC1. The van der Waals surface area contributed by atoms with Crippen molar-refractivity contribution in [2.75, 3.05) is 13.1 Å². The van der Waals surface area contributed by atoms with Crippen molar-refractivity contribution in [3.63, 3.8) is 0 Å². The summed E-state index contributed by atoms with van der Waals surface area (Å²) in [4.78, 5) is 10.1. The fraction of sp³-hybridized carbons (Fsp3) is 0.467. The largest absolute Gasteiger partial charge is 0.573 e. The van der Waals surface area contributed by atoms with Crippen LogP contribution in [0.1, 0.15) is 24.8 Å². The fourth-order valence-corrected chi connectivity index (χ4v) is 2.32. The van der Waals surface area contributed by atoms with Gasteiger partial charge >= 0.3 is 6.36 Å². The van der Waals surface area contributed by atoms with E-state index in [9.17, 15) is 13.2 Å². The van der Waals surface area contributed by atoms with Crippen molar-refractivity contribution >= 4 is 11.9 Å². The number of rotatable bonds is 3. The van der Waals surface area contributed by atoms with E-state index < -0.39 is 6.36 Å². The van der Waals surface area contributed by atoms with E-state index >= 15 is 0 Å². The maximum absolute atomic E-state index is 12.1. The van der Waals surface area contributed by atoms with Crippen LogP contribution in [0.3, 0.4) is 0 Å². The molecule has 0 unspecified atom stereocenters. The number of guanidine groups is 2. The molecule has 0 radical (unpaired) electrons. The number of hydrogen-bond donors (Lipinski definition) is 2. The van der Waals surface area contributed by atoms with Crippen LogP contribution < -0.4 is 16.2 Å². The minimum atomic E-state index is -4.70. The second-order valence-corrected chi connectivity index (χ2v) is 5.38. The van der Waals surface area contributed by atoms with Gasteiger partial charge in [-0.15, -0.1) is 13.2 Å². The number of piperidine rings is 1. The molecule has 1 heterocycles. The number of hydrogen-bond acceptors (Lipinski definition) is 2. The Morgan fingerprint density at radius 1 is 1.08 bits per heavy atom. The van der Waals surface area contributed by atoms with Gasteiger partial charge in [0.1, 0.15) is 5.75 Å². The highest BCUT2D eigenvalue weighted by molar-refractivity contribution is 5.93. The van der Waals surface area contributed by atoms with E-state index in [-0.39, 0.29) is 18.3 Å². The normalized spacial score (nSPS) is 17.0. The molecule has 1 aliphatic heterocycles.